The van der Waals surface area contributed by atoms with Crippen molar-refractivity contribution in [2.45, 2.75) is 38.3 Å². The predicted octanol–water partition coefficient (Wildman–Crippen LogP) is 3.55. The second-order valence-electron chi connectivity index (χ2n) is 2.49. The van der Waals surface area contributed by atoms with Crippen LogP contribution in [0.2, 0.25) is 12.1 Å². The highest BCUT2D eigenvalue weighted by Crippen LogP contribution is 2.03. The van der Waals surface area contributed by atoms with Crippen LogP contribution in [0.3, 0.4) is 0 Å². The minimum absolute atomic E-state index is 0.448. The molecule has 0 aromatic heterocycles. The summed E-state index contributed by atoms with van der Waals surface area (Å²) in [5.41, 5.74) is 0. The minimum Gasteiger partial charge on any atom is -0.139 e. The molecular weight excluding hydrogens is 156 g/mol. The van der Waals surface area contributed by atoms with Crippen LogP contribution in [0.1, 0.15) is 26.2 Å². The number of unbranched alkanes of at least 4 members (excludes halogenated alkanes) is 2. The van der Waals surface area contributed by atoms with E-state index in [0.29, 0.717) is 0 Å². The van der Waals surface area contributed by atoms with E-state index in [9.17, 15) is 0 Å². The van der Waals surface area contributed by atoms with Gasteiger partial charge >= 0.3 is 0 Å². The lowest BCUT2D eigenvalue weighted by Crippen LogP contribution is -1.92. The van der Waals surface area contributed by atoms with E-state index in [1.807, 2.05) is 6.08 Å². The van der Waals surface area contributed by atoms with Crippen molar-refractivity contribution in [1.82, 2.24) is 0 Å². The maximum absolute atomic E-state index is 5.28. The van der Waals surface area contributed by atoms with Crippen molar-refractivity contribution >= 4 is 19.1 Å². The summed E-state index contributed by atoms with van der Waals surface area (Å²) in [4.78, 5) is 0. The highest BCUT2D eigenvalue weighted by molar-refractivity contribution is 7.88. The van der Waals surface area contributed by atoms with Crippen molar-refractivity contribution in [1.29, 1.82) is 0 Å². The lowest BCUT2D eigenvalue weighted by molar-refractivity contribution is 0.768. The lowest BCUT2D eigenvalue weighted by atomic mass is 10.3. The van der Waals surface area contributed by atoms with Gasteiger partial charge in [-0.2, -0.15) is 0 Å². The van der Waals surface area contributed by atoms with Gasteiger partial charge in [-0.15, -0.1) is 18.2 Å². The summed E-state index contributed by atoms with van der Waals surface area (Å²) in [6.45, 7) is 5.91. The van der Waals surface area contributed by atoms with Crippen LogP contribution in [0, 0.1) is 0 Å². The van der Waals surface area contributed by atoms with Crippen LogP contribution >= 0.6 is 11.6 Å². The fourth-order valence-corrected chi connectivity index (χ4v) is 2.79. The first-order valence-electron chi connectivity index (χ1n) is 3.93. The van der Waals surface area contributed by atoms with Crippen LogP contribution in [0.25, 0.3) is 0 Å². The Morgan fingerprint density at radius 1 is 1.50 bits per heavy atom. The highest BCUT2D eigenvalue weighted by atomic mass is 32.2. The zero-order valence-electron chi connectivity index (χ0n) is 6.73. The Morgan fingerprint density at radius 2 is 2.20 bits per heavy atom. The van der Waals surface area contributed by atoms with Gasteiger partial charge in [0.05, 0.1) is 7.50 Å². The largest absolute Gasteiger partial charge is 0.139 e. The van der Waals surface area contributed by atoms with Gasteiger partial charge in [0.25, 0.3) is 0 Å². The Labute approximate surface area is 70.5 Å². The first kappa shape index (κ1) is 10.2. The molecule has 0 spiro atoms. The Balaban J connectivity index is 3.13. The molecular formula is C8H16SSi. The van der Waals surface area contributed by atoms with Crippen molar-refractivity contribution in [2.75, 3.05) is 0 Å². The van der Waals surface area contributed by atoms with Crippen molar-refractivity contribution in [3.63, 3.8) is 0 Å². The van der Waals surface area contributed by atoms with Gasteiger partial charge in [-0.3, -0.25) is 0 Å². The normalized spacial score (nSPS) is 9.30. The molecule has 0 aromatic carbocycles. The Morgan fingerprint density at radius 3 is 2.70 bits per heavy atom. The molecule has 0 rings (SSSR count). The molecule has 58 valence electrons. The molecule has 0 bridgehead atoms. The van der Waals surface area contributed by atoms with E-state index in [2.05, 4.69) is 13.5 Å². The lowest BCUT2D eigenvalue weighted by Gasteiger charge is -1.96. The number of rotatable bonds is 6. The van der Waals surface area contributed by atoms with Gasteiger partial charge in [0.15, 0.2) is 0 Å². The fraction of sp³-hybridized carbons (Fsp3) is 0.750. The van der Waals surface area contributed by atoms with E-state index in [1.54, 1.807) is 0 Å². The van der Waals surface area contributed by atoms with E-state index in [-0.39, 0.29) is 0 Å². The van der Waals surface area contributed by atoms with Crippen molar-refractivity contribution in [2.24, 2.45) is 0 Å². The quantitative estimate of drug-likeness (QED) is 0.335. The zero-order chi connectivity index (χ0) is 7.82. The average molecular weight is 172 g/mol. The van der Waals surface area contributed by atoms with Crippen LogP contribution < -0.4 is 0 Å². The Hall–Kier alpha value is 0.177. The average Bonchev–Trinajstić information content (AvgIpc) is 1.89. The fourth-order valence-electron chi connectivity index (χ4n) is 0.835. The van der Waals surface area contributed by atoms with Crippen LogP contribution in [0.4, 0.5) is 0 Å². The van der Waals surface area contributed by atoms with Gasteiger partial charge < -0.3 is 0 Å². The number of allylic oxidation sites excluding steroid dienone is 1. The van der Waals surface area contributed by atoms with Crippen LogP contribution in [0.5, 0.6) is 0 Å². The third-order valence-electron chi connectivity index (χ3n) is 1.43. The van der Waals surface area contributed by atoms with Gasteiger partial charge in [-0.25, -0.2) is 0 Å². The predicted molar refractivity (Wildman–Crippen MR) is 52.7 cm³/mol. The number of hydrogen-bond acceptors (Lipinski definition) is 1. The highest BCUT2D eigenvalue weighted by Gasteiger charge is 1.94. The summed E-state index contributed by atoms with van der Waals surface area (Å²) >= 11 is 5.28. The Kier molecular flexibility index (Phi) is 7.41. The third-order valence-corrected chi connectivity index (χ3v) is 4.20. The van der Waals surface area contributed by atoms with E-state index < -0.39 is 7.50 Å². The number of hydrogen-bond donors (Lipinski definition) is 0. The molecule has 0 unspecified atom stereocenters. The van der Waals surface area contributed by atoms with Gasteiger partial charge in [0.1, 0.15) is 0 Å². The summed E-state index contributed by atoms with van der Waals surface area (Å²) in [5.74, 6) is 0. The first-order valence-corrected chi connectivity index (χ1v) is 6.98. The van der Waals surface area contributed by atoms with E-state index >= 15 is 0 Å². The molecule has 0 nitrogen and oxygen atoms in total. The van der Waals surface area contributed by atoms with Gasteiger partial charge in [-0.1, -0.05) is 32.3 Å². The molecule has 0 amide bonds. The molecule has 0 aliphatic heterocycles. The van der Waals surface area contributed by atoms with E-state index in [1.165, 1.54) is 25.3 Å². The van der Waals surface area contributed by atoms with Gasteiger partial charge in [0, 0.05) is 0 Å². The van der Waals surface area contributed by atoms with Crippen molar-refractivity contribution < 1.29 is 0 Å². The molecule has 0 heterocycles. The zero-order valence-corrected chi connectivity index (χ0v) is 8.54. The van der Waals surface area contributed by atoms with E-state index in [0.717, 1.165) is 6.04 Å². The van der Waals surface area contributed by atoms with Crippen molar-refractivity contribution in [3.8, 4) is 0 Å². The van der Waals surface area contributed by atoms with Crippen LogP contribution in [0.15, 0.2) is 12.7 Å². The second kappa shape index (κ2) is 7.29. The molecule has 0 atom stereocenters. The molecule has 0 aliphatic carbocycles. The smallest absolute Gasteiger partial charge is 0.0977 e. The molecule has 0 aromatic rings. The SMILES string of the molecule is C=CC[Si](=S)CCCCC. The summed E-state index contributed by atoms with van der Waals surface area (Å²) in [6.07, 6.45) is 5.95. The monoisotopic (exact) mass is 172 g/mol. The summed E-state index contributed by atoms with van der Waals surface area (Å²) < 4.78 is 0. The van der Waals surface area contributed by atoms with Gasteiger partial charge in [-0.05, 0) is 12.1 Å². The van der Waals surface area contributed by atoms with Crippen LogP contribution in [-0.2, 0) is 0 Å². The maximum Gasteiger partial charge on any atom is 0.0977 e. The molecule has 10 heavy (non-hydrogen) atoms. The molecule has 2 heteroatoms. The molecule has 0 fully saturated rings. The van der Waals surface area contributed by atoms with Crippen molar-refractivity contribution in [3.05, 3.63) is 12.7 Å². The molecule has 0 saturated heterocycles. The molecule has 0 aliphatic rings. The molecule has 0 radical (unpaired) electrons. The maximum atomic E-state index is 5.28. The minimum atomic E-state index is -0.448. The molecule has 0 saturated carbocycles. The second-order valence-corrected chi connectivity index (χ2v) is 6.21. The summed E-state index contributed by atoms with van der Waals surface area (Å²) in [5, 5.41) is 0. The topological polar surface area (TPSA) is 0 Å². The van der Waals surface area contributed by atoms with Gasteiger partial charge in [0.2, 0.25) is 0 Å². The van der Waals surface area contributed by atoms with Crippen LogP contribution in [-0.4, -0.2) is 7.50 Å². The summed E-state index contributed by atoms with van der Waals surface area (Å²) in [7, 11) is -0.448. The standard InChI is InChI=1S/C8H16SSi/c1-3-5-6-8-10(9)7-4-2/h4H,2-3,5-8H2,1H3. The molecule has 0 N–H and O–H groups in total. The van der Waals surface area contributed by atoms with E-state index in [4.69, 9.17) is 11.6 Å². The first-order chi connectivity index (χ1) is 4.81. The summed E-state index contributed by atoms with van der Waals surface area (Å²) in [6, 6.07) is 2.39. The Bertz CT molecular complexity index is 110. The third kappa shape index (κ3) is 6.30.